The summed E-state index contributed by atoms with van der Waals surface area (Å²) in [4.78, 5) is 36.3. The van der Waals surface area contributed by atoms with Gasteiger partial charge in [-0.3, -0.25) is 10.1 Å². The quantitative estimate of drug-likeness (QED) is 0.802. The number of amides is 3. The van der Waals surface area contributed by atoms with Gasteiger partial charge in [0.25, 0.3) is 5.91 Å². The fraction of sp³-hybridized carbons (Fsp3) is 0.167. The maximum atomic E-state index is 12.4. The van der Waals surface area contributed by atoms with Gasteiger partial charge in [-0.2, -0.15) is 0 Å². The van der Waals surface area contributed by atoms with Gasteiger partial charge < -0.3 is 10.1 Å². The largest absolute Gasteiger partial charge is 0.444 e. The third-order valence-corrected chi connectivity index (χ3v) is 3.47. The molecular weight excluding hydrogens is 344 g/mol. The molecule has 130 valence electrons. The topological polar surface area (TPSA) is 84.5 Å². The monoisotopic (exact) mass is 360 g/mol. The summed E-state index contributed by atoms with van der Waals surface area (Å²) in [6.07, 6.45) is -1.26. The lowest BCUT2D eigenvalue weighted by atomic mass is 10.1. The highest BCUT2D eigenvalue weighted by Gasteiger charge is 2.27. The number of nitrogens with one attached hydrogen (secondary N) is 2. The average Bonchev–Trinajstić information content (AvgIpc) is 2.61. The number of benzene rings is 2. The average molecular weight is 361 g/mol. The van der Waals surface area contributed by atoms with Crippen LogP contribution in [0.5, 0.6) is 0 Å². The van der Waals surface area contributed by atoms with E-state index in [9.17, 15) is 14.4 Å². The molecule has 0 saturated heterocycles. The highest BCUT2D eigenvalue weighted by atomic mass is 35.5. The molecule has 0 saturated carbocycles. The summed E-state index contributed by atoms with van der Waals surface area (Å²) >= 11 is 5.79. The Morgan fingerprint density at radius 2 is 1.68 bits per heavy atom. The van der Waals surface area contributed by atoms with E-state index in [2.05, 4.69) is 10.6 Å². The van der Waals surface area contributed by atoms with E-state index in [0.717, 1.165) is 0 Å². The van der Waals surface area contributed by atoms with Crippen molar-refractivity contribution in [3.8, 4) is 0 Å². The Kier molecular flexibility index (Phi) is 6.54. The Balaban J connectivity index is 2.20. The summed E-state index contributed by atoms with van der Waals surface area (Å²) in [5.41, 5.74) is 0.697. The van der Waals surface area contributed by atoms with Crippen molar-refractivity contribution in [2.24, 2.45) is 0 Å². The molecule has 0 aromatic heterocycles. The van der Waals surface area contributed by atoms with Crippen molar-refractivity contribution < 1.29 is 19.1 Å². The minimum atomic E-state index is -1.26. The second-order valence-corrected chi connectivity index (χ2v) is 5.49. The second kappa shape index (κ2) is 8.84. The third kappa shape index (κ3) is 5.32. The molecule has 2 aromatic rings. The molecule has 2 rings (SSSR count). The Hall–Kier alpha value is -2.86. The van der Waals surface area contributed by atoms with E-state index < -0.39 is 24.0 Å². The van der Waals surface area contributed by atoms with Gasteiger partial charge in [0.2, 0.25) is 6.10 Å². The lowest BCUT2D eigenvalue weighted by Gasteiger charge is -2.17. The summed E-state index contributed by atoms with van der Waals surface area (Å²) in [5.74, 6) is -1.43. The van der Waals surface area contributed by atoms with Crippen LogP contribution in [-0.2, 0) is 9.53 Å². The van der Waals surface area contributed by atoms with Crippen LogP contribution in [0.2, 0.25) is 5.02 Å². The van der Waals surface area contributed by atoms with Crippen molar-refractivity contribution in [1.29, 1.82) is 0 Å². The molecule has 0 aliphatic rings. The molecule has 0 aliphatic heterocycles. The smallest absolute Gasteiger partial charge is 0.339 e. The molecule has 25 heavy (non-hydrogen) atoms. The van der Waals surface area contributed by atoms with Crippen molar-refractivity contribution >= 4 is 29.5 Å². The molecule has 1 atom stereocenters. The van der Waals surface area contributed by atoms with Crippen LogP contribution in [0, 0.1) is 0 Å². The molecule has 0 unspecified atom stereocenters. The molecule has 0 aliphatic carbocycles. The number of hydrogen-bond donors (Lipinski definition) is 2. The van der Waals surface area contributed by atoms with Gasteiger partial charge in [0, 0.05) is 17.1 Å². The molecular formula is C18H17ClN2O4. The van der Waals surface area contributed by atoms with Crippen molar-refractivity contribution in [1.82, 2.24) is 10.6 Å². The van der Waals surface area contributed by atoms with Crippen LogP contribution >= 0.6 is 11.6 Å². The summed E-state index contributed by atoms with van der Waals surface area (Å²) < 4.78 is 5.33. The first-order valence-corrected chi connectivity index (χ1v) is 7.99. The lowest BCUT2D eigenvalue weighted by molar-refractivity contribution is -0.129. The Morgan fingerprint density at radius 3 is 2.28 bits per heavy atom. The molecule has 0 fully saturated rings. The first kappa shape index (κ1) is 18.5. The number of halogens is 1. The molecule has 6 nitrogen and oxygen atoms in total. The molecule has 2 aromatic carbocycles. The number of carbonyl (C=O) groups excluding carboxylic acids is 3. The number of ether oxygens (including phenoxy) is 1. The molecule has 2 N–H and O–H groups in total. The molecule has 0 heterocycles. The van der Waals surface area contributed by atoms with Crippen LogP contribution < -0.4 is 10.6 Å². The fourth-order valence-corrected chi connectivity index (χ4v) is 2.17. The maximum Gasteiger partial charge on any atom is 0.339 e. The predicted molar refractivity (Wildman–Crippen MR) is 93.3 cm³/mol. The van der Waals surface area contributed by atoms with E-state index in [0.29, 0.717) is 17.1 Å². The summed E-state index contributed by atoms with van der Waals surface area (Å²) in [7, 11) is 0. The second-order valence-electron chi connectivity index (χ2n) is 5.05. The zero-order valence-electron chi connectivity index (χ0n) is 13.5. The van der Waals surface area contributed by atoms with Crippen molar-refractivity contribution in [3.05, 3.63) is 70.7 Å². The van der Waals surface area contributed by atoms with E-state index in [1.807, 2.05) is 0 Å². The zero-order valence-corrected chi connectivity index (χ0v) is 14.2. The minimum Gasteiger partial charge on any atom is -0.444 e. The van der Waals surface area contributed by atoms with Crippen LogP contribution in [0.1, 0.15) is 28.9 Å². The summed E-state index contributed by atoms with van der Waals surface area (Å²) in [5, 5.41) is 5.08. The van der Waals surface area contributed by atoms with Crippen molar-refractivity contribution in [2.45, 2.75) is 13.0 Å². The predicted octanol–water partition coefficient (Wildman–Crippen LogP) is 3.08. The van der Waals surface area contributed by atoms with E-state index in [1.54, 1.807) is 49.4 Å². The van der Waals surface area contributed by atoms with Gasteiger partial charge in [0.05, 0.1) is 5.56 Å². The molecule has 0 spiro atoms. The van der Waals surface area contributed by atoms with Gasteiger partial charge >= 0.3 is 12.0 Å². The van der Waals surface area contributed by atoms with Crippen molar-refractivity contribution in [2.75, 3.05) is 6.54 Å². The van der Waals surface area contributed by atoms with Crippen LogP contribution in [-0.4, -0.2) is 24.5 Å². The maximum absolute atomic E-state index is 12.4. The Bertz CT molecular complexity index is 747. The van der Waals surface area contributed by atoms with Crippen molar-refractivity contribution in [3.63, 3.8) is 0 Å². The number of esters is 1. The molecule has 0 bridgehead atoms. The van der Waals surface area contributed by atoms with E-state index >= 15 is 0 Å². The van der Waals surface area contributed by atoms with E-state index in [-0.39, 0.29) is 5.56 Å². The highest BCUT2D eigenvalue weighted by Crippen LogP contribution is 2.20. The number of rotatable bonds is 5. The van der Waals surface area contributed by atoms with Gasteiger partial charge in [-0.25, -0.2) is 9.59 Å². The van der Waals surface area contributed by atoms with Gasteiger partial charge in [0.15, 0.2) is 0 Å². The first-order valence-electron chi connectivity index (χ1n) is 7.61. The lowest BCUT2D eigenvalue weighted by Crippen LogP contribution is -2.42. The SMILES string of the molecule is CCNC(=O)NC(=O)[C@H](OC(=O)c1ccc(Cl)cc1)c1ccccc1. The number of hydrogen-bond acceptors (Lipinski definition) is 4. The first-order chi connectivity index (χ1) is 12.0. The number of urea groups is 1. The summed E-state index contributed by atoms with van der Waals surface area (Å²) in [6, 6.07) is 13.9. The van der Waals surface area contributed by atoms with Crippen LogP contribution in [0.3, 0.4) is 0 Å². The van der Waals surface area contributed by atoms with Gasteiger partial charge in [0.1, 0.15) is 0 Å². The van der Waals surface area contributed by atoms with E-state index in [4.69, 9.17) is 16.3 Å². The number of imide groups is 1. The number of carbonyl (C=O) groups is 3. The van der Waals surface area contributed by atoms with Gasteiger partial charge in [-0.15, -0.1) is 0 Å². The van der Waals surface area contributed by atoms with Crippen LogP contribution in [0.4, 0.5) is 4.79 Å². The molecule has 0 radical (unpaired) electrons. The highest BCUT2D eigenvalue weighted by molar-refractivity contribution is 6.30. The summed E-state index contributed by atoms with van der Waals surface area (Å²) in [6.45, 7) is 2.08. The molecule has 3 amide bonds. The standard InChI is InChI=1S/C18H17ClN2O4/c1-2-20-18(24)21-16(22)15(12-6-4-3-5-7-12)25-17(23)13-8-10-14(19)11-9-13/h3-11,15H,2H2,1H3,(H2,20,21,22,24)/t15-/m1/s1. The van der Waals surface area contributed by atoms with Gasteiger partial charge in [-0.1, -0.05) is 41.9 Å². The normalized spacial score (nSPS) is 11.3. The van der Waals surface area contributed by atoms with Crippen LogP contribution in [0.25, 0.3) is 0 Å². The van der Waals surface area contributed by atoms with Gasteiger partial charge in [-0.05, 0) is 31.2 Å². The zero-order chi connectivity index (χ0) is 18.2. The Morgan fingerprint density at radius 1 is 1.04 bits per heavy atom. The fourth-order valence-electron chi connectivity index (χ4n) is 2.04. The Labute approximate surface area is 150 Å². The van der Waals surface area contributed by atoms with Crippen LogP contribution in [0.15, 0.2) is 54.6 Å². The third-order valence-electron chi connectivity index (χ3n) is 3.22. The molecule has 7 heteroatoms. The van der Waals surface area contributed by atoms with E-state index in [1.165, 1.54) is 12.1 Å². The minimum absolute atomic E-state index is 0.246.